The lowest BCUT2D eigenvalue weighted by Crippen LogP contribution is -2.54. The quantitative estimate of drug-likeness (QED) is 0.265. The first-order valence-corrected chi connectivity index (χ1v) is 12.1. The molecule has 0 spiro atoms. The van der Waals surface area contributed by atoms with E-state index in [9.17, 15) is 14.4 Å². The number of rotatable bonds is 6. The van der Waals surface area contributed by atoms with Gasteiger partial charge in [-0.05, 0) is 65.7 Å². The SMILES string of the molecule is COc1cc(/C=C2\C(=O)NC(=O)N(c3ccc(Br)cc3)C2=O)cc(Cl)c1OCc1ccc(Br)cc1. The number of halogens is 3. The van der Waals surface area contributed by atoms with E-state index >= 15 is 0 Å². The Labute approximate surface area is 222 Å². The van der Waals surface area contributed by atoms with Crippen LogP contribution in [0.3, 0.4) is 0 Å². The molecule has 0 unspecified atom stereocenters. The number of urea groups is 1. The average Bonchev–Trinajstić information content (AvgIpc) is 2.83. The van der Waals surface area contributed by atoms with E-state index in [0.29, 0.717) is 22.7 Å². The molecule has 178 valence electrons. The number of nitrogens with zero attached hydrogens (tertiary/aromatic N) is 1. The fourth-order valence-corrected chi connectivity index (χ4v) is 4.15. The van der Waals surface area contributed by atoms with Crippen LogP contribution < -0.4 is 19.7 Å². The molecule has 0 aliphatic carbocycles. The number of methoxy groups -OCH3 is 1. The highest BCUT2D eigenvalue weighted by atomic mass is 79.9. The summed E-state index contributed by atoms with van der Waals surface area (Å²) in [6.45, 7) is 0.259. The number of carbonyl (C=O) groups is 3. The highest BCUT2D eigenvalue weighted by Gasteiger charge is 2.36. The minimum absolute atomic E-state index is 0.228. The third-order valence-electron chi connectivity index (χ3n) is 5.05. The minimum atomic E-state index is -0.827. The van der Waals surface area contributed by atoms with Crippen molar-refractivity contribution in [2.45, 2.75) is 6.61 Å². The Hall–Kier alpha value is -3.14. The molecule has 1 N–H and O–H groups in total. The molecule has 4 amide bonds. The fraction of sp³-hybridized carbons (Fsp3) is 0.0800. The standard InChI is InChI=1S/C25H17Br2ClN2O5/c1-34-21-12-15(11-20(28)22(21)35-13-14-2-4-16(26)5-3-14)10-19-23(31)29-25(33)30(24(19)32)18-8-6-17(27)7-9-18/h2-12H,13H2,1H3,(H,29,31,33)/b19-10+. The minimum Gasteiger partial charge on any atom is -0.493 e. The van der Waals surface area contributed by atoms with Crippen LogP contribution >= 0.6 is 43.5 Å². The molecule has 1 fully saturated rings. The predicted octanol–water partition coefficient (Wildman–Crippen LogP) is 6.12. The average molecular weight is 621 g/mol. The molecular formula is C25H17Br2ClN2O5. The topological polar surface area (TPSA) is 84.9 Å². The number of nitrogens with one attached hydrogen (secondary N) is 1. The number of hydrogen-bond donors (Lipinski definition) is 1. The highest BCUT2D eigenvalue weighted by Crippen LogP contribution is 2.38. The van der Waals surface area contributed by atoms with Gasteiger partial charge in [0, 0.05) is 8.95 Å². The molecule has 35 heavy (non-hydrogen) atoms. The van der Waals surface area contributed by atoms with Crippen molar-refractivity contribution in [1.29, 1.82) is 0 Å². The Bertz CT molecular complexity index is 1340. The lowest BCUT2D eigenvalue weighted by atomic mass is 10.1. The van der Waals surface area contributed by atoms with Crippen molar-refractivity contribution in [3.8, 4) is 11.5 Å². The molecule has 0 bridgehead atoms. The Balaban J connectivity index is 1.63. The Kier molecular flexibility index (Phi) is 7.59. The van der Waals surface area contributed by atoms with Crippen molar-refractivity contribution >= 4 is 73.1 Å². The van der Waals surface area contributed by atoms with Crippen molar-refractivity contribution in [3.63, 3.8) is 0 Å². The second-order valence-corrected chi connectivity index (χ2v) is 9.62. The summed E-state index contributed by atoms with van der Waals surface area (Å²) >= 11 is 13.2. The van der Waals surface area contributed by atoms with Crippen LogP contribution in [-0.4, -0.2) is 25.0 Å². The van der Waals surface area contributed by atoms with Gasteiger partial charge in [-0.25, -0.2) is 9.69 Å². The Morgan fingerprint density at radius 2 is 1.60 bits per heavy atom. The number of ether oxygens (including phenoxy) is 2. The van der Waals surface area contributed by atoms with Gasteiger partial charge in [0.15, 0.2) is 11.5 Å². The summed E-state index contributed by atoms with van der Waals surface area (Å²) in [7, 11) is 1.46. The van der Waals surface area contributed by atoms with Crippen LogP contribution in [0, 0.1) is 0 Å². The molecule has 7 nitrogen and oxygen atoms in total. The zero-order valence-corrected chi connectivity index (χ0v) is 22.1. The summed E-state index contributed by atoms with van der Waals surface area (Å²) < 4.78 is 13.0. The van der Waals surface area contributed by atoms with Crippen molar-refractivity contribution < 1.29 is 23.9 Å². The second-order valence-electron chi connectivity index (χ2n) is 7.38. The first kappa shape index (κ1) is 25.0. The third-order valence-corrected chi connectivity index (χ3v) is 6.38. The van der Waals surface area contributed by atoms with Crippen LogP contribution in [0.25, 0.3) is 6.08 Å². The molecule has 0 saturated carbocycles. The number of anilines is 1. The van der Waals surface area contributed by atoms with Gasteiger partial charge in [-0.1, -0.05) is 55.6 Å². The first-order valence-electron chi connectivity index (χ1n) is 10.2. The summed E-state index contributed by atoms with van der Waals surface area (Å²) in [5.41, 5.74) is 1.45. The second kappa shape index (κ2) is 10.6. The van der Waals surface area contributed by atoms with Gasteiger partial charge in [0.25, 0.3) is 11.8 Å². The predicted molar refractivity (Wildman–Crippen MR) is 140 cm³/mol. The van der Waals surface area contributed by atoms with Crippen molar-refractivity contribution in [2.75, 3.05) is 12.0 Å². The van der Waals surface area contributed by atoms with Crippen LogP contribution in [0.1, 0.15) is 11.1 Å². The van der Waals surface area contributed by atoms with Crippen LogP contribution in [0.4, 0.5) is 10.5 Å². The van der Waals surface area contributed by atoms with Gasteiger partial charge >= 0.3 is 6.03 Å². The van der Waals surface area contributed by atoms with E-state index in [1.165, 1.54) is 13.2 Å². The zero-order valence-electron chi connectivity index (χ0n) is 18.2. The lowest BCUT2D eigenvalue weighted by molar-refractivity contribution is -0.122. The molecule has 1 aliphatic rings. The zero-order chi connectivity index (χ0) is 25.1. The van der Waals surface area contributed by atoms with E-state index in [0.717, 1.165) is 19.4 Å². The van der Waals surface area contributed by atoms with Gasteiger partial charge in [0.05, 0.1) is 17.8 Å². The van der Waals surface area contributed by atoms with Gasteiger partial charge in [0.1, 0.15) is 12.2 Å². The number of barbiturate groups is 1. The molecule has 3 aromatic carbocycles. The van der Waals surface area contributed by atoms with E-state index < -0.39 is 17.8 Å². The molecule has 4 rings (SSSR count). The van der Waals surface area contributed by atoms with Crippen LogP contribution in [0.5, 0.6) is 11.5 Å². The Morgan fingerprint density at radius 1 is 0.971 bits per heavy atom. The van der Waals surface area contributed by atoms with Crippen LogP contribution in [0.15, 0.2) is 75.2 Å². The molecule has 0 aromatic heterocycles. The van der Waals surface area contributed by atoms with Gasteiger partial charge in [0.2, 0.25) is 0 Å². The van der Waals surface area contributed by atoms with Crippen molar-refractivity contribution in [2.24, 2.45) is 0 Å². The van der Waals surface area contributed by atoms with Crippen LogP contribution in [0.2, 0.25) is 5.02 Å². The van der Waals surface area contributed by atoms with Gasteiger partial charge in [-0.2, -0.15) is 0 Å². The molecule has 1 heterocycles. The maximum Gasteiger partial charge on any atom is 0.335 e. The molecule has 0 radical (unpaired) electrons. The maximum atomic E-state index is 13.1. The fourth-order valence-electron chi connectivity index (χ4n) is 3.35. The molecule has 1 aliphatic heterocycles. The Morgan fingerprint density at radius 3 is 2.23 bits per heavy atom. The molecule has 0 atom stereocenters. The number of hydrogen-bond acceptors (Lipinski definition) is 5. The summed E-state index contributed by atoms with van der Waals surface area (Å²) in [6.07, 6.45) is 1.35. The lowest BCUT2D eigenvalue weighted by Gasteiger charge is -2.26. The summed E-state index contributed by atoms with van der Waals surface area (Å²) in [5.74, 6) is -0.915. The number of benzene rings is 3. The van der Waals surface area contributed by atoms with E-state index in [2.05, 4.69) is 37.2 Å². The summed E-state index contributed by atoms with van der Waals surface area (Å²) in [5, 5.41) is 2.43. The van der Waals surface area contributed by atoms with E-state index in [1.807, 2.05) is 24.3 Å². The maximum absolute atomic E-state index is 13.1. The van der Waals surface area contributed by atoms with Crippen molar-refractivity contribution in [3.05, 3.63) is 91.3 Å². The molecular weight excluding hydrogens is 604 g/mol. The summed E-state index contributed by atoms with van der Waals surface area (Å²) in [4.78, 5) is 38.9. The first-order chi connectivity index (χ1) is 16.8. The highest BCUT2D eigenvalue weighted by molar-refractivity contribution is 9.10. The molecule has 10 heteroatoms. The van der Waals surface area contributed by atoms with Gasteiger partial charge in [-0.15, -0.1) is 0 Å². The largest absolute Gasteiger partial charge is 0.493 e. The third kappa shape index (κ3) is 5.58. The number of imide groups is 2. The van der Waals surface area contributed by atoms with Crippen LogP contribution in [-0.2, 0) is 16.2 Å². The molecule has 3 aromatic rings. The van der Waals surface area contributed by atoms with Gasteiger partial charge in [-0.3, -0.25) is 14.9 Å². The van der Waals surface area contributed by atoms with Crippen molar-refractivity contribution in [1.82, 2.24) is 5.32 Å². The van der Waals surface area contributed by atoms with E-state index in [4.69, 9.17) is 21.1 Å². The van der Waals surface area contributed by atoms with E-state index in [1.54, 1.807) is 36.4 Å². The molecule has 1 saturated heterocycles. The van der Waals surface area contributed by atoms with Gasteiger partial charge < -0.3 is 9.47 Å². The number of amides is 4. The normalized spacial score (nSPS) is 14.8. The smallest absolute Gasteiger partial charge is 0.335 e. The monoisotopic (exact) mass is 618 g/mol. The summed E-state index contributed by atoms with van der Waals surface area (Å²) in [6, 6.07) is 16.5. The van der Waals surface area contributed by atoms with E-state index in [-0.39, 0.29) is 17.2 Å². The number of carbonyl (C=O) groups excluding carboxylic acids is 3.